The Morgan fingerprint density at radius 3 is 2.19 bits per heavy atom. The van der Waals surface area contributed by atoms with E-state index in [4.69, 9.17) is 21.1 Å². The van der Waals surface area contributed by atoms with E-state index in [1.54, 1.807) is 6.07 Å². The van der Waals surface area contributed by atoms with Crippen LogP contribution in [0.2, 0.25) is 5.02 Å². The fourth-order valence-electron chi connectivity index (χ4n) is 3.20. The van der Waals surface area contributed by atoms with E-state index in [0.717, 1.165) is 6.07 Å². The van der Waals surface area contributed by atoms with Gasteiger partial charge in [-0.1, -0.05) is 23.7 Å². The normalized spacial score (nSPS) is 13.9. The van der Waals surface area contributed by atoms with Crippen LogP contribution < -0.4 is 4.90 Å². The number of ether oxygens (including phenoxy) is 2. The molecule has 0 spiro atoms. The van der Waals surface area contributed by atoms with Gasteiger partial charge < -0.3 is 14.4 Å². The van der Waals surface area contributed by atoms with Gasteiger partial charge in [0, 0.05) is 30.2 Å². The first-order chi connectivity index (χ1) is 14.8. The molecule has 0 amide bonds. The monoisotopic (exact) mass is 446 g/mol. The van der Waals surface area contributed by atoms with E-state index in [0.29, 0.717) is 11.3 Å². The maximum atomic E-state index is 13.6. The first-order valence-electron chi connectivity index (χ1n) is 8.84. The number of anilines is 1. The molecule has 0 aromatic heterocycles. The lowest BCUT2D eigenvalue weighted by molar-refractivity contribution is -0.384. The molecule has 0 radical (unpaired) electrons. The van der Waals surface area contributed by atoms with Gasteiger partial charge in [-0.3, -0.25) is 10.1 Å². The molecule has 0 saturated carbocycles. The average molecular weight is 447 g/mol. The molecule has 3 rings (SSSR count). The van der Waals surface area contributed by atoms with Crippen LogP contribution in [-0.4, -0.2) is 31.1 Å². The highest BCUT2D eigenvalue weighted by atomic mass is 35.5. The Morgan fingerprint density at radius 1 is 1.06 bits per heavy atom. The van der Waals surface area contributed by atoms with Gasteiger partial charge in [-0.05, 0) is 23.8 Å². The van der Waals surface area contributed by atoms with Crippen LogP contribution in [0.15, 0.2) is 66.0 Å². The van der Waals surface area contributed by atoms with Gasteiger partial charge in [0.25, 0.3) is 5.69 Å². The maximum absolute atomic E-state index is 13.6. The van der Waals surface area contributed by atoms with Gasteiger partial charge in [0.1, 0.15) is 5.82 Å². The zero-order chi connectivity index (χ0) is 22.7. The summed E-state index contributed by atoms with van der Waals surface area (Å²) in [5, 5.41) is 11.1. The minimum atomic E-state index is -0.994. The van der Waals surface area contributed by atoms with Crippen molar-refractivity contribution in [2.45, 2.75) is 5.92 Å². The zero-order valence-electron chi connectivity index (χ0n) is 16.4. The molecule has 1 heterocycles. The Kier molecular flexibility index (Phi) is 6.36. The van der Waals surface area contributed by atoms with E-state index in [9.17, 15) is 24.1 Å². The van der Waals surface area contributed by atoms with Gasteiger partial charge in [-0.2, -0.15) is 0 Å². The second-order valence-electron chi connectivity index (χ2n) is 6.44. The molecule has 1 aliphatic heterocycles. The fourth-order valence-corrected chi connectivity index (χ4v) is 3.38. The van der Waals surface area contributed by atoms with Crippen molar-refractivity contribution in [2.24, 2.45) is 0 Å². The van der Waals surface area contributed by atoms with Crippen LogP contribution in [0.25, 0.3) is 0 Å². The molecule has 2 aromatic rings. The Morgan fingerprint density at radius 2 is 1.68 bits per heavy atom. The SMILES string of the molecule is COC(=O)C1=CN(c2ccc(F)c(Cl)c2)C=C(C(=O)OC)C1c1cccc([N+](=O)[O-])c1. The standard InChI is InChI=1S/C21H16ClFN2O6/c1-30-20(26)15-10-24(13-6-7-18(23)17(22)9-13)11-16(21(27)31-2)19(15)12-4-3-5-14(8-12)25(28)29/h3-11,19H,1-2H3. The van der Waals surface area contributed by atoms with Crippen molar-refractivity contribution >= 4 is 34.9 Å². The number of esters is 2. The van der Waals surface area contributed by atoms with Crippen molar-refractivity contribution in [1.29, 1.82) is 0 Å². The van der Waals surface area contributed by atoms with E-state index in [1.165, 1.54) is 61.9 Å². The molecule has 0 aliphatic carbocycles. The Hall–Kier alpha value is -3.72. The van der Waals surface area contributed by atoms with Gasteiger partial charge in [0.05, 0.1) is 41.2 Å². The lowest BCUT2D eigenvalue weighted by Crippen LogP contribution is -2.28. The number of carbonyl (C=O) groups is 2. The number of hydrogen-bond donors (Lipinski definition) is 0. The van der Waals surface area contributed by atoms with Crippen molar-refractivity contribution in [2.75, 3.05) is 19.1 Å². The third-order valence-electron chi connectivity index (χ3n) is 4.64. The lowest BCUT2D eigenvalue weighted by atomic mass is 9.83. The molecule has 0 N–H and O–H groups in total. The zero-order valence-corrected chi connectivity index (χ0v) is 17.1. The maximum Gasteiger partial charge on any atom is 0.336 e. The molecule has 2 aromatic carbocycles. The molecule has 31 heavy (non-hydrogen) atoms. The number of nitro groups is 1. The molecule has 0 atom stereocenters. The predicted molar refractivity (Wildman–Crippen MR) is 110 cm³/mol. The first kappa shape index (κ1) is 22.0. The highest BCUT2D eigenvalue weighted by Crippen LogP contribution is 2.39. The van der Waals surface area contributed by atoms with Crippen LogP contribution in [0.5, 0.6) is 0 Å². The van der Waals surface area contributed by atoms with Crippen LogP contribution >= 0.6 is 11.6 Å². The molecule has 1 aliphatic rings. The number of rotatable bonds is 5. The topological polar surface area (TPSA) is 99.0 Å². The van der Waals surface area contributed by atoms with Crippen LogP contribution in [0, 0.1) is 15.9 Å². The Labute approximate surface area is 181 Å². The minimum Gasteiger partial charge on any atom is -0.466 e. The molecular formula is C21H16ClFN2O6. The number of benzene rings is 2. The predicted octanol–water partition coefficient (Wildman–Crippen LogP) is 4.10. The Balaban J connectivity index is 2.21. The summed E-state index contributed by atoms with van der Waals surface area (Å²) in [6.07, 6.45) is 2.79. The molecular weight excluding hydrogens is 431 g/mol. The largest absolute Gasteiger partial charge is 0.466 e. The van der Waals surface area contributed by atoms with Gasteiger partial charge in [0.2, 0.25) is 0 Å². The van der Waals surface area contributed by atoms with Crippen molar-refractivity contribution in [3.05, 3.63) is 92.5 Å². The van der Waals surface area contributed by atoms with Crippen molar-refractivity contribution in [3.63, 3.8) is 0 Å². The number of nitro benzene ring substituents is 1. The van der Waals surface area contributed by atoms with Gasteiger partial charge in [0.15, 0.2) is 0 Å². The lowest BCUT2D eigenvalue weighted by Gasteiger charge is -2.30. The first-order valence-corrected chi connectivity index (χ1v) is 9.22. The van der Waals surface area contributed by atoms with Gasteiger partial charge >= 0.3 is 11.9 Å². The van der Waals surface area contributed by atoms with E-state index in [2.05, 4.69) is 0 Å². The minimum absolute atomic E-state index is 0.0198. The van der Waals surface area contributed by atoms with Crippen LogP contribution in [0.4, 0.5) is 15.8 Å². The molecule has 10 heteroatoms. The summed E-state index contributed by atoms with van der Waals surface area (Å²) in [5.74, 6) is -3.15. The van der Waals surface area contributed by atoms with E-state index >= 15 is 0 Å². The number of halogens is 2. The smallest absolute Gasteiger partial charge is 0.336 e. The summed E-state index contributed by atoms with van der Waals surface area (Å²) in [6, 6.07) is 9.43. The van der Waals surface area contributed by atoms with E-state index < -0.39 is 28.6 Å². The van der Waals surface area contributed by atoms with Gasteiger partial charge in [-0.25, -0.2) is 14.0 Å². The quantitative estimate of drug-likeness (QED) is 0.387. The third kappa shape index (κ3) is 4.41. The number of methoxy groups -OCH3 is 2. The van der Waals surface area contributed by atoms with Crippen molar-refractivity contribution in [1.82, 2.24) is 0 Å². The summed E-state index contributed by atoms with van der Waals surface area (Å²) in [5.41, 5.74) is 0.516. The van der Waals surface area contributed by atoms with Crippen LogP contribution in [0.1, 0.15) is 11.5 Å². The van der Waals surface area contributed by atoms with Crippen molar-refractivity contribution < 1.29 is 28.4 Å². The summed E-state index contributed by atoms with van der Waals surface area (Å²) < 4.78 is 23.3. The van der Waals surface area contributed by atoms with Gasteiger partial charge in [-0.15, -0.1) is 0 Å². The fraction of sp³-hybridized carbons (Fsp3) is 0.143. The number of non-ortho nitro benzene ring substituents is 1. The highest BCUT2D eigenvalue weighted by Gasteiger charge is 2.36. The number of nitrogens with zero attached hydrogens (tertiary/aromatic N) is 2. The second-order valence-corrected chi connectivity index (χ2v) is 6.85. The molecule has 0 unspecified atom stereocenters. The van der Waals surface area contributed by atoms with E-state index in [1.807, 2.05) is 0 Å². The van der Waals surface area contributed by atoms with E-state index in [-0.39, 0.29) is 21.9 Å². The number of hydrogen-bond acceptors (Lipinski definition) is 7. The van der Waals surface area contributed by atoms with Crippen LogP contribution in [0.3, 0.4) is 0 Å². The molecule has 0 fully saturated rings. The summed E-state index contributed by atoms with van der Waals surface area (Å²) >= 11 is 5.87. The molecule has 0 saturated heterocycles. The summed E-state index contributed by atoms with van der Waals surface area (Å²) in [4.78, 5) is 37.3. The molecule has 160 valence electrons. The Bertz CT molecular complexity index is 1100. The average Bonchev–Trinajstić information content (AvgIpc) is 2.78. The third-order valence-corrected chi connectivity index (χ3v) is 4.93. The summed E-state index contributed by atoms with van der Waals surface area (Å²) in [7, 11) is 2.34. The highest BCUT2D eigenvalue weighted by molar-refractivity contribution is 6.31. The molecule has 0 bridgehead atoms. The summed E-state index contributed by atoms with van der Waals surface area (Å²) in [6.45, 7) is 0. The number of carbonyl (C=O) groups excluding carboxylic acids is 2. The molecule has 8 nitrogen and oxygen atoms in total. The van der Waals surface area contributed by atoms with Crippen LogP contribution in [-0.2, 0) is 19.1 Å². The second kappa shape index (κ2) is 8.97. The van der Waals surface area contributed by atoms with Crippen molar-refractivity contribution in [3.8, 4) is 0 Å².